The average molecular weight is 388 g/mol. The SMILES string of the molecule is CC(C)(C)NC(=O)CNC1CC1c1cc(F)cc(F)c1OCc1ccccc1. The van der Waals surface area contributed by atoms with Gasteiger partial charge in [-0.3, -0.25) is 4.79 Å². The van der Waals surface area contributed by atoms with E-state index in [0.29, 0.717) is 12.0 Å². The van der Waals surface area contributed by atoms with Crippen molar-refractivity contribution in [1.29, 1.82) is 0 Å². The van der Waals surface area contributed by atoms with Crippen molar-refractivity contribution >= 4 is 5.91 Å². The Morgan fingerprint density at radius 1 is 1.18 bits per heavy atom. The van der Waals surface area contributed by atoms with E-state index in [-0.39, 0.29) is 42.3 Å². The molecule has 6 heteroatoms. The molecule has 150 valence electrons. The van der Waals surface area contributed by atoms with E-state index in [2.05, 4.69) is 10.6 Å². The van der Waals surface area contributed by atoms with Crippen molar-refractivity contribution in [2.24, 2.45) is 0 Å². The molecule has 0 bridgehead atoms. The summed E-state index contributed by atoms with van der Waals surface area (Å²) in [6, 6.07) is 11.6. The van der Waals surface area contributed by atoms with Crippen LogP contribution < -0.4 is 15.4 Å². The maximum Gasteiger partial charge on any atom is 0.234 e. The smallest absolute Gasteiger partial charge is 0.234 e. The molecule has 0 aliphatic heterocycles. The topological polar surface area (TPSA) is 50.4 Å². The third-order valence-electron chi connectivity index (χ3n) is 4.49. The number of nitrogens with one attached hydrogen (secondary N) is 2. The molecule has 3 rings (SSSR count). The van der Waals surface area contributed by atoms with Crippen LogP contribution in [0.4, 0.5) is 8.78 Å². The van der Waals surface area contributed by atoms with Gasteiger partial charge in [-0.1, -0.05) is 30.3 Å². The molecule has 4 nitrogen and oxygen atoms in total. The van der Waals surface area contributed by atoms with Crippen molar-refractivity contribution in [2.75, 3.05) is 6.54 Å². The molecule has 0 heterocycles. The summed E-state index contributed by atoms with van der Waals surface area (Å²) in [6.45, 7) is 6.11. The van der Waals surface area contributed by atoms with Crippen LogP contribution >= 0.6 is 0 Å². The summed E-state index contributed by atoms with van der Waals surface area (Å²) < 4.78 is 33.9. The average Bonchev–Trinajstić information content (AvgIpc) is 3.37. The number of halogens is 2. The Bertz CT molecular complexity index is 834. The van der Waals surface area contributed by atoms with Gasteiger partial charge in [0.05, 0.1) is 6.54 Å². The van der Waals surface area contributed by atoms with E-state index >= 15 is 0 Å². The third kappa shape index (κ3) is 5.52. The van der Waals surface area contributed by atoms with E-state index in [1.165, 1.54) is 6.07 Å². The minimum absolute atomic E-state index is 0.00834. The number of benzene rings is 2. The molecule has 1 saturated carbocycles. The van der Waals surface area contributed by atoms with E-state index < -0.39 is 11.6 Å². The van der Waals surface area contributed by atoms with E-state index in [0.717, 1.165) is 11.6 Å². The fourth-order valence-corrected chi connectivity index (χ4v) is 3.19. The highest BCUT2D eigenvalue weighted by Crippen LogP contribution is 2.46. The highest BCUT2D eigenvalue weighted by molar-refractivity contribution is 5.78. The molecule has 2 unspecified atom stereocenters. The van der Waals surface area contributed by atoms with Crippen molar-refractivity contribution in [1.82, 2.24) is 10.6 Å². The Hall–Kier alpha value is -2.47. The van der Waals surface area contributed by atoms with E-state index in [1.54, 1.807) is 0 Å². The summed E-state index contributed by atoms with van der Waals surface area (Å²) in [4.78, 5) is 12.0. The first-order valence-electron chi connectivity index (χ1n) is 9.43. The number of carbonyl (C=O) groups is 1. The fraction of sp³-hybridized carbons (Fsp3) is 0.409. The maximum absolute atomic E-state index is 14.4. The summed E-state index contributed by atoms with van der Waals surface area (Å²) >= 11 is 0. The highest BCUT2D eigenvalue weighted by atomic mass is 19.1. The first kappa shape index (κ1) is 20.3. The quantitative estimate of drug-likeness (QED) is 0.756. The Kier molecular flexibility index (Phi) is 5.98. The lowest BCUT2D eigenvalue weighted by Crippen LogP contribution is -2.45. The minimum atomic E-state index is -0.706. The summed E-state index contributed by atoms with van der Waals surface area (Å²) in [5.74, 6) is -1.45. The first-order chi connectivity index (χ1) is 13.2. The maximum atomic E-state index is 14.4. The van der Waals surface area contributed by atoms with Crippen LogP contribution in [0.3, 0.4) is 0 Å². The number of rotatable bonds is 7. The molecule has 1 aliphatic rings. The number of hydrogen-bond donors (Lipinski definition) is 2. The lowest BCUT2D eigenvalue weighted by molar-refractivity contribution is -0.121. The second kappa shape index (κ2) is 8.27. The van der Waals surface area contributed by atoms with Gasteiger partial charge in [0.1, 0.15) is 12.4 Å². The lowest BCUT2D eigenvalue weighted by Gasteiger charge is -2.20. The second-order valence-corrected chi connectivity index (χ2v) is 8.21. The molecular formula is C22H26F2N2O2. The lowest BCUT2D eigenvalue weighted by atomic mass is 10.1. The summed E-state index contributed by atoms with van der Waals surface area (Å²) in [5.41, 5.74) is 1.11. The zero-order valence-corrected chi connectivity index (χ0v) is 16.4. The fourth-order valence-electron chi connectivity index (χ4n) is 3.19. The van der Waals surface area contributed by atoms with Crippen LogP contribution in [0.5, 0.6) is 5.75 Å². The molecule has 1 aliphatic carbocycles. The molecule has 2 aromatic carbocycles. The Balaban J connectivity index is 1.64. The zero-order valence-electron chi connectivity index (χ0n) is 16.4. The molecule has 0 radical (unpaired) electrons. The molecule has 0 aromatic heterocycles. The second-order valence-electron chi connectivity index (χ2n) is 8.21. The molecule has 1 fully saturated rings. The largest absolute Gasteiger partial charge is 0.486 e. The third-order valence-corrected chi connectivity index (χ3v) is 4.49. The number of carbonyl (C=O) groups excluding carboxylic acids is 1. The van der Waals surface area contributed by atoms with Gasteiger partial charge in [-0.2, -0.15) is 0 Å². The van der Waals surface area contributed by atoms with Gasteiger partial charge in [0.25, 0.3) is 0 Å². The van der Waals surface area contributed by atoms with Crippen molar-refractivity contribution < 1.29 is 18.3 Å². The van der Waals surface area contributed by atoms with Crippen LogP contribution in [-0.4, -0.2) is 24.0 Å². The number of ether oxygens (including phenoxy) is 1. The van der Waals surface area contributed by atoms with Gasteiger partial charge in [0.2, 0.25) is 5.91 Å². The van der Waals surface area contributed by atoms with Crippen molar-refractivity contribution in [3.8, 4) is 5.75 Å². The van der Waals surface area contributed by atoms with Gasteiger partial charge in [0.15, 0.2) is 11.6 Å². The van der Waals surface area contributed by atoms with E-state index in [9.17, 15) is 13.6 Å². The van der Waals surface area contributed by atoms with E-state index in [4.69, 9.17) is 4.74 Å². The number of amides is 1. The Morgan fingerprint density at radius 3 is 2.57 bits per heavy atom. The van der Waals surface area contributed by atoms with Crippen molar-refractivity contribution in [2.45, 2.75) is 51.3 Å². The highest BCUT2D eigenvalue weighted by Gasteiger charge is 2.41. The molecule has 0 spiro atoms. The van der Waals surface area contributed by atoms with Crippen molar-refractivity contribution in [3.63, 3.8) is 0 Å². The number of hydrogen-bond acceptors (Lipinski definition) is 3. The van der Waals surface area contributed by atoms with Gasteiger partial charge in [-0.25, -0.2) is 8.78 Å². The van der Waals surface area contributed by atoms with Crippen LogP contribution in [0, 0.1) is 11.6 Å². The summed E-state index contributed by atoms with van der Waals surface area (Å²) in [6.07, 6.45) is 0.702. The van der Waals surface area contributed by atoms with Crippen LogP contribution in [0.25, 0.3) is 0 Å². The van der Waals surface area contributed by atoms with Crippen LogP contribution in [-0.2, 0) is 11.4 Å². The van der Waals surface area contributed by atoms with Crippen molar-refractivity contribution in [3.05, 3.63) is 65.2 Å². The van der Waals surface area contributed by atoms with E-state index in [1.807, 2.05) is 51.1 Å². The molecule has 2 atom stereocenters. The Morgan fingerprint density at radius 2 is 1.89 bits per heavy atom. The molecule has 2 N–H and O–H groups in total. The van der Waals surface area contributed by atoms with Gasteiger partial charge >= 0.3 is 0 Å². The van der Waals surface area contributed by atoms with Gasteiger partial charge < -0.3 is 15.4 Å². The predicted octanol–water partition coefficient (Wildman–Crippen LogP) is 3.90. The standard InChI is InChI=1S/C22H26F2N2O2/c1-22(2,3)26-20(27)12-25-19-11-16(19)17-9-15(23)10-18(24)21(17)28-13-14-7-5-4-6-8-14/h4-10,16,19,25H,11-13H2,1-3H3,(H,26,27). The molecule has 2 aromatic rings. The minimum Gasteiger partial charge on any atom is -0.486 e. The Labute approximate surface area is 164 Å². The van der Waals surface area contributed by atoms with Gasteiger partial charge in [0, 0.05) is 29.1 Å². The summed E-state index contributed by atoms with van der Waals surface area (Å²) in [7, 11) is 0. The molecular weight excluding hydrogens is 362 g/mol. The zero-order chi connectivity index (χ0) is 20.3. The molecule has 28 heavy (non-hydrogen) atoms. The molecule has 0 saturated heterocycles. The van der Waals surface area contributed by atoms with Gasteiger partial charge in [-0.05, 0) is 38.8 Å². The van der Waals surface area contributed by atoms with Crippen LogP contribution in [0.2, 0.25) is 0 Å². The van der Waals surface area contributed by atoms with Gasteiger partial charge in [-0.15, -0.1) is 0 Å². The monoisotopic (exact) mass is 388 g/mol. The normalized spacial score (nSPS) is 18.6. The van der Waals surface area contributed by atoms with Crippen LogP contribution in [0.15, 0.2) is 42.5 Å². The first-order valence-corrected chi connectivity index (χ1v) is 9.43. The summed E-state index contributed by atoms with van der Waals surface area (Å²) in [5, 5.41) is 6.03. The van der Waals surface area contributed by atoms with Crippen LogP contribution in [0.1, 0.15) is 44.2 Å². The molecule has 1 amide bonds. The predicted molar refractivity (Wildman–Crippen MR) is 104 cm³/mol.